The first kappa shape index (κ1) is 21.7. The van der Waals surface area contributed by atoms with Crippen LogP contribution in [0.4, 0.5) is 13.2 Å². The highest BCUT2D eigenvalue weighted by molar-refractivity contribution is 7.92. The zero-order chi connectivity index (χ0) is 21.4. The smallest absolute Gasteiger partial charge is 0.422 e. The second kappa shape index (κ2) is 7.69. The van der Waals surface area contributed by atoms with Crippen molar-refractivity contribution in [3.8, 4) is 11.8 Å². The van der Waals surface area contributed by atoms with Crippen LogP contribution in [0.2, 0.25) is 5.02 Å². The Balaban J connectivity index is 1.68. The van der Waals surface area contributed by atoms with Crippen LogP contribution in [0.25, 0.3) is 0 Å². The quantitative estimate of drug-likeness (QED) is 0.716. The normalized spacial score (nSPS) is 23.3. The molecule has 11 heteroatoms. The van der Waals surface area contributed by atoms with Crippen molar-refractivity contribution >= 4 is 27.3 Å². The minimum atomic E-state index is -4.53. The third kappa shape index (κ3) is 4.95. The van der Waals surface area contributed by atoms with Gasteiger partial charge < -0.3 is 10.1 Å². The van der Waals surface area contributed by atoms with Crippen molar-refractivity contribution in [3.05, 3.63) is 23.2 Å². The fraction of sp³-hybridized carbons (Fsp3) is 0.556. The van der Waals surface area contributed by atoms with Gasteiger partial charge in [0, 0.05) is 12.0 Å². The number of sulfone groups is 1. The number of rotatable bonds is 6. The predicted molar refractivity (Wildman–Crippen MR) is 97.0 cm³/mol. The molecule has 3 rings (SSSR count). The first-order valence-corrected chi connectivity index (χ1v) is 10.8. The molecule has 0 saturated heterocycles. The van der Waals surface area contributed by atoms with Crippen LogP contribution in [-0.4, -0.2) is 37.9 Å². The van der Waals surface area contributed by atoms with E-state index in [0.717, 1.165) is 18.2 Å². The van der Waals surface area contributed by atoms with Gasteiger partial charge in [-0.15, -0.1) is 0 Å². The number of amides is 1. The number of nitrogens with zero attached hydrogens (tertiary/aromatic N) is 1. The highest BCUT2D eigenvalue weighted by atomic mass is 35.5. The van der Waals surface area contributed by atoms with Gasteiger partial charge in [0.2, 0.25) is 5.91 Å². The lowest BCUT2D eigenvalue weighted by atomic mass is 10.1. The van der Waals surface area contributed by atoms with Gasteiger partial charge in [0.05, 0.1) is 21.2 Å². The lowest BCUT2D eigenvalue weighted by molar-refractivity contribution is -0.153. The molecule has 6 nitrogen and oxygen atoms in total. The number of hydrogen-bond donors (Lipinski definition) is 1. The molecule has 29 heavy (non-hydrogen) atoms. The van der Waals surface area contributed by atoms with E-state index in [1.54, 1.807) is 0 Å². The van der Waals surface area contributed by atoms with Crippen LogP contribution in [0.1, 0.15) is 32.1 Å². The number of benzene rings is 1. The Morgan fingerprint density at radius 1 is 1.34 bits per heavy atom. The zero-order valence-electron chi connectivity index (χ0n) is 15.1. The molecule has 0 bridgehead atoms. The Kier molecular flexibility index (Phi) is 5.75. The molecule has 2 aliphatic carbocycles. The number of hydrogen-bond acceptors (Lipinski definition) is 5. The van der Waals surface area contributed by atoms with E-state index in [9.17, 15) is 26.4 Å². The summed E-state index contributed by atoms with van der Waals surface area (Å²) in [4.78, 5) is 12.1. The molecule has 0 aliphatic heterocycles. The van der Waals surface area contributed by atoms with E-state index in [1.807, 2.05) is 0 Å². The summed E-state index contributed by atoms with van der Waals surface area (Å²) in [6.07, 6.45) is -2.64. The van der Waals surface area contributed by atoms with Crippen molar-refractivity contribution < 1.29 is 31.1 Å². The van der Waals surface area contributed by atoms with E-state index >= 15 is 0 Å². The van der Waals surface area contributed by atoms with Crippen molar-refractivity contribution in [3.63, 3.8) is 0 Å². The fourth-order valence-electron chi connectivity index (χ4n) is 3.33. The number of alkyl halides is 3. The van der Waals surface area contributed by atoms with Gasteiger partial charge in [0.1, 0.15) is 11.3 Å². The van der Waals surface area contributed by atoms with Crippen LogP contribution in [0, 0.1) is 17.2 Å². The highest BCUT2D eigenvalue weighted by Crippen LogP contribution is 2.39. The summed E-state index contributed by atoms with van der Waals surface area (Å²) in [6, 6.07) is 5.32. The molecule has 1 aromatic rings. The van der Waals surface area contributed by atoms with Gasteiger partial charge in [0.25, 0.3) is 0 Å². The molecule has 1 N–H and O–H groups in total. The zero-order valence-corrected chi connectivity index (χ0v) is 16.7. The van der Waals surface area contributed by atoms with E-state index in [2.05, 4.69) is 16.1 Å². The lowest BCUT2D eigenvalue weighted by Gasteiger charge is -2.16. The summed E-state index contributed by atoms with van der Waals surface area (Å²) in [7, 11) is -3.88. The summed E-state index contributed by atoms with van der Waals surface area (Å²) in [5, 5.41) is 10.7. The average molecular weight is 451 g/mol. The van der Waals surface area contributed by atoms with Gasteiger partial charge in [-0.3, -0.25) is 4.79 Å². The van der Waals surface area contributed by atoms with Crippen LogP contribution >= 0.6 is 11.6 Å². The molecule has 1 aromatic carbocycles. The van der Waals surface area contributed by atoms with Gasteiger partial charge >= 0.3 is 6.18 Å². The number of carbonyl (C=O) groups excluding carboxylic acids is 1. The molecule has 158 valence electrons. The summed E-state index contributed by atoms with van der Waals surface area (Å²) in [5.41, 5.74) is -0.816. The van der Waals surface area contributed by atoms with Crippen LogP contribution in [0.15, 0.2) is 23.1 Å². The molecular weight excluding hydrogens is 433 g/mol. The number of nitriles is 1. The third-order valence-corrected chi connectivity index (χ3v) is 7.83. The van der Waals surface area contributed by atoms with Crippen molar-refractivity contribution in [2.24, 2.45) is 5.92 Å². The summed E-state index contributed by atoms with van der Waals surface area (Å²) in [5.74, 6) is -1.04. The van der Waals surface area contributed by atoms with Crippen molar-refractivity contribution in [2.45, 2.75) is 54.0 Å². The molecule has 2 atom stereocenters. The van der Waals surface area contributed by atoms with Gasteiger partial charge in [-0.25, -0.2) is 8.42 Å². The summed E-state index contributed by atoms with van der Waals surface area (Å²) < 4.78 is 67.1. The van der Waals surface area contributed by atoms with Crippen LogP contribution in [0.3, 0.4) is 0 Å². The predicted octanol–water partition coefficient (Wildman–Crippen LogP) is 3.40. The maximum Gasteiger partial charge on any atom is 0.422 e. The van der Waals surface area contributed by atoms with E-state index in [1.165, 1.54) is 0 Å². The fourth-order valence-corrected chi connectivity index (χ4v) is 5.71. The Labute approximate surface area is 170 Å². The SMILES string of the molecule is N#CC1(NC(=O)[C@@H]2CC[C@H](S(=O)(=O)c3ccc(OCC(F)(F)F)cc3Cl)C2)CC1. The van der Waals surface area contributed by atoms with Gasteiger partial charge in [-0.05, 0) is 44.2 Å². The first-order valence-electron chi connectivity index (χ1n) is 8.92. The van der Waals surface area contributed by atoms with E-state index in [4.69, 9.17) is 16.9 Å². The minimum absolute atomic E-state index is 0.0956. The second-order valence-corrected chi connectivity index (χ2v) is 9.96. The monoisotopic (exact) mass is 450 g/mol. The maximum absolute atomic E-state index is 12.9. The van der Waals surface area contributed by atoms with E-state index in [-0.39, 0.29) is 34.4 Å². The van der Waals surface area contributed by atoms with E-state index in [0.29, 0.717) is 19.3 Å². The van der Waals surface area contributed by atoms with Crippen molar-refractivity contribution in [2.75, 3.05) is 6.61 Å². The Bertz CT molecular complexity index is 955. The summed E-state index contributed by atoms with van der Waals surface area (Å²) >= 11 is 6.00. The molecule has 0 heterocycles. The number of carbonyl (C=O) groups is 1. The molecule has 2 saturated carbocycles. The second-order valence-electron chi connectivity index (χ2n) is 7.36. The lowest BCUT2D eigenvalue weighted by Crippen LogP contribution is -2.39. The molecule has 0 radical (unpaired) electrons. The first-order chi connectivity index (χ1) is 13.5. The van der Waals surface area contributed by atoms with Gasteiger partial charge in [-0.2, -0.15) is 18.4 Å². The third-order valence-electron chi connectivity index (χ3n) is 5.13. The van der Waals surface area contributed by atoms with Gasteiger partial charge in [0.15, 0.2) is 16.4 Å². The Hall–Kier alpha value is -1.99. The standard InChI is InChI=1S/C18H18ClF3N2O4S/c19-14-8-12(28-10-18(20,21)22)2-4-15(14)29(26,27)13-3-1-11(7-13)16(25)24-17(9-23)5-6-17/h2,4,8,11,13H,1,3,5-7,10H2,(H,24,25)/t11-,13+/m1/s1. The highest BCUT2D eigenvalue weighted by Gasteiger charge is 2.47. The van der Waals surface area contributed by atoms with Crippen LogP contribution < -0.4 is 10.1 Å². The van der Waals surface area contributed by atoms with Crippen molar-refractivity contribution in [1.29, 1.82) is 5.26 Å². The average Bonchev–Trinajstić information content (AvgIpc) is 3.21. The number of halogens is 4. The molecule has 1 amide bonds. The largest absolute Gasteiger partial charge is 0.484 e. The topological polar surface area (TPSA) is 96.3 Å². The molecular formula is C18H18ClF3N2O4S. The molecule has 0 unspecified atom stereocenters. The Morgan fingerprint density at radius 3 is 2.59 bits per heavy atom. The Morgan fingerprint density at radius 2 is 2.03 bits per heavy atom. The summed E-state index contributed by atoms with van der Waals surface area (Å²) in [6.45, 7) is -1.51. The van der Waals surface area contributed by atoms with Crippen molar-refractivity contribution in [1.82, 2.24) is 5.32 Å². The molecule has 2 aliphatic rings. The maximum atomic E-state index is 12.9. The van der Waals surface area contributed by atoms with Crippen LogP contribution in [-0.2, 0) is 14.6 Å². The molecule has 2 fully saturated rings. The van der Waals surface area contributed by atoms with E-state index < -0.39 is 39.3 Å². The molecule has 0 spiro atoms. The van der Waals surface area contributed by atoms with Gasteiger partial charge in [-0.1, -0.05) is 11.6 Å². The number of ether oxygens (including phenoxy) is 1. The minimum Gasteiger partial charge on any atom is -0.484 e. The molecule has 0 aromatic heterocycles. The number of nitrogens with one attached hydrogen (secondary N) is 1. The van der Waals surface area contributed by atoms with Crippen LogP contribution in [0.5, 0.6) is 5.75 Å².